The molecule has 2 aromatic rings. The molecule has 2 heterocycles. The van der Waals surface area contributed by atoms with E-state index in [1.54, 1.807) is 17.5 Å². The number of nitrogens with zero attached hydrogens (tertiary/aromatic N) is 1. The van der Waals surface area contributed by atoms with E-state index >= 15 is 0 Å². The standard InChI is InChI=1S/C12H9NS/c1-2-4-11-6-7-12(14-11)10-5-3-8-13-9-10/h3-9H,1H2. The second-order valence-electron chi connectivity index (χ2n) is 2.79. The fourth-order valence-electron chi connectivity index (χ4n) is 1.19. The van der Waals surface area contributed by atoms with Crippen molar-refractivity contribution in [3.63, 3.8) is 0 Å². The van der Waals surface area contributed by atoms with Crippen molar-refractivity contribution in [1.29, 1.82) is 0 Å². The molecule has 2 heteroatoms. The normalized spacial score (nSPS) is 9.43. The van der Waals surface area contributed by atoms with E-state index in [1.165, 1.54) is 9.75 Å². The smallest absolute Gasteiger partial charge is 0.0364 e. The first-order chi connectivity index (χ1) is 6.90. The van der Waals surface area contributed by atoms with Crippen LogP contribution in [0.1, 0.15) is 4.88 Å². The van der Waals surface area contributed by atoms with Crippen molar-refractivity contribution in [3.05, 3.63) is 53.8 Å². The number of hydrogen-bond donors (Lipinski definition) is 0. The minimum Gasteiger partial charge on any atom is -0.264 e. The van der Waals surface area contributed by atoms with Gasteiger partial charge in [-0.25, -0.2) is 0 Å². The van der Waals surface area contributed by atoms with Gasteiger partial charge in [0.25, 0.3) is 0 Å². The number of aromatic nitrogens is 1. The molecule has 68 valence electrons. The molecule has 2 aromatic heterocycles. The Hall–Kier alpha value is -1.63. The molecule has 0 aliphatic rings. The summed E-state index contributed by atoms with van der Waals surface area (Å²) < 4.78 is 0. The lowest BCUT2D eigenvalue weighted by atomic mass is 10.2. The predicted octanol–water partition coefficient (Wildman–Crippen LogP) is 3.61. The summed E-state index contributed by atoms with van der Waals surface area (Å²) in [5.41, 5.74) is 3.92. The highest BCUT2D eigenvalue weighted by atomic mass is 32.1. The van der Waals surface area contributed by atoms with Gasteiger partial charge in [0, 0.05) is 27.7 Å². The molecule has 14 heavy (non-hydrogen) atoms. The zero-order valence-electron chi connectivity index (χ0n) is 7.60. The highest BCUT2D eigenvalue weighted by Gasteiger charge is 1.99. The van der Waals surface area contributed by atoms with Crippen LogP contribution < -0.4 is 0 Å². The molecule has 0 saturated heterocycles. The summed E-state index contributed by atoms with van der Waals surface area (Å²) in [6, 6.07) is 8.15. The Kier molecular flexibility index (Phi) is 2.59. The highest BCUT2D eigenvalue weighted by molar-refractivity contribution is 7.16. The maximum atomic E-state index is 4.08. The summed E-state index contributed by atoms with van der Waals surface area (Å²) in [5, 5.41) is 0. The van der Waals surface area contributed by atoms with Gasteiger partial charge < -0.3 is 0 Å². The van der Waals surface area contributed by atoms with E-state index in [4.69, 9.17) is 0 Å². The Balaban J connectivity index is 2.39. The van der Waals surface area contributed by atoms with Gasteiger partial charge in [-0.05, 0) is 24.3 Å². The van der Waals surface area contributed by atoms with Crippen LogP contribution in [0.15, 0.2) is 49.0 Å². The van der Waals surface area contributed by atoms with Crippen LogP contribution in [0.4, 0.5) is 0 Å². The zero-order chi connectivity index (χ0) is 9.80. The summed E-state index contributed by atoms with van der Waals surface area (Å²) in [6.07, 6.45) is 5.53. The first-order valence-corrected chi connectivity index (χ1v) is 5.08. The van der Waals surface area contributed by atoms with Crippen molar-refractivity contribution in [2.45, 2.75) is 0 Å². The Morgan fingerprint density at radius 1 is 1.36 bits per heavy atom. The summed E-state index contributed by atoms with van der Waals surface area (Å²) in [6.45, 7) is 3.55. The van der Waals surface area contributed by atoms with Crippen molar-refractivity contribution < 1.29 is 0 Å². The van der Waals surface area contributed by atoms with E-state index < -0.39 is 0 Å². The van der Waals surface area contributed by atoms with E-state index in [0.29, 0.717) is 0 Å². The molecule has 0 fully saturated rings. The highest BCUT2D eigenvalue weighted by Crippen LogP contribution is 2.27. The summed E-state index contributed by atoms with van der Waals surface area (Å²) in [4.78, 5) is 6.47. The monoisotopic (exact) mass is 199 g/mol. The molecule has 1 nitrogen and oxygen atoms in total. The predicted molar refractivity (Wildman–Crippen MR) is 61.2 cm³/mol. The van der Waals surface area contributed by atoms with E-state index in [0.717, 1.165) is 5.56 Å². The van der Waals surface area contributed by atoms with Crippen LogP contribution in [-0.4, -0.2) is 4.98 Å². The van der Waals surface area contributed by atoms with E-state index in [2.05, 4.69) is 35.5 Å². The van der Waals surface area contributed by atoms with Crippen molar-refractivity contribution in [2.24, 2.45) is 0 Å². The van der Waals surface area contributed by atoms with Gasteiger partial charge >= 0.3 is 0 Å². The van der Waals surface area contributed by atoms with Crippen LogP contribution in [0.5, 0.6) is 0 Å². The van der Waals surface area contributed by atoms with Crippen molar-refractivity contribution in [2.75, 3.05) is 0 Å². The van der Waals surface area contributed by atoms with Gasteiger partial charge in [0.1, 0.15) is 0 Å². The zero-order valence-corrected chi connectivity index (χ0v) is 8.42. The summed E-state index contributed by atoms with van der Waals surface area (Å²) in [5.74, 6) is 0. The number of pyridine rings is 1. The molecule has 0 atom stereocenters. The second-order valence-corrected chi connectivity index (χ2v) is 3.91. The Morgan fingerprint density at radius 3 is 3.00 bits per heavy atom. The Labute approximate surface area is 87.1 Å². The van der Waals surface area contributed by atoms with Gasteiger partial charge in [-0.1, -0.05) is 12.6 Å². The molecular formula is C12H9NS. The lowest BCUT2D eigenvalue weighted by molar-refractivity contribution is 1.33. The SMILES string of the molecule is C=C=Cc1ccc(-c2cccnc2)s1. The lowest BCUT2D eigenvalue weighted by Gasteiger charge is -1.93. The molecule has 0 amide bonds. The molecular weight excluding hydrogens is 190 g/mol. The van der Waals surface area contributed by atoms with Gasteiger partial charge in [0.2, 0.25) is 0 Å². The third-order valence-electron chi connectivity index (χ3n) is 1.82. The fraction of sp³-hybridized carbons (Fsp3) is 0. The maximum Gasteiger partial charge on any atom is 0.0364 e. The van der Waals surface area contributed by atoms with E-state index in [1.807, 2.05) is 18.3 Å². The van der Waals surface area contributed by atoms with Crippen LogP contribution in [-0.2, 0) is 0 Å². The third kappa shape index (κ3) is 1.82. The largest absolute Gasteiger partial charge is 0.264 e. The van der Waals surface area contributed by atoms with Crippen LogP contribution in [0.3, 0.4) is 0 Å². The van der Waals surface area contributed by atoms with Crippen LogP contribution >= 0.6 is 11.3 Å². The second kappa shape index (κ2) is 4.05. The van der Waals surface area contributed by atoms with Crippen molar-refractivity contribution in [1.82, 2.24) is 4.98 Å². The van der Waals surface area contributed by atoms with Crippen molar-refractivity contribution in [3.8, 4) is 10.4 Å². The quantitative estimate of drug-likeness (QED) is 0.673. The minimum atomic E-state index is 1.15. The van der Waals surface area contributed by atoms with Gasteiger partial charge in [-0.2, -0.15) is 0 Å². The van der Waals surface area contributed by atoms with Crippen LogP contribution in [0, 0.1) is 0 Å². The van der Waals surface area contributed by atoms with Gasteiger partial charge in [-0.15, -0.1) is 17.1 Å². The molecule has 0 aromatic carbocycles. The van der Waals surface area contributed by atoms with E-state index in [-0.39, 0.29) is 0 Å². The van der Waals surface area contributed by atoms with Crippen LogP contribution in [0.25, 0.3) is 16.5 Å². The lowest BCUT2D eigenvalue weighted by Crippen LogP contribution is -1.72. The Bertz CT molecular complexity index is 464. The van der Waals surface area contributed by atoms with E-state index in [9.17, 15) is 0 Å². The molecule has 0 aliphatic carbocycles. The Morgan fingerprint density at radius 2 is 2.29 bits per heavy atom. The number of hydrogen-bond acceptors (Lipinski definition) is 2. The first kappa shape index (κ1) is 8.95. The first-order valence-electron chi connectivity index (χ1n) is 4.26. The number of thiophene rings is 1. The topological polar surface area (TPSA) is 12.9 Å². The minimum absolute atomic E-state index is 1.15. The van der Waals surface area contributed by atoms with Gasteiger partial charge in [-0.3, -0.25) is 4.98 Å². The van der Waals surface area contributed by atoms with Crippen LogP contribution in [0.2, 0.25) is 0 Å². The molecule has 0 radical (unpaired) electrons. The molecule has 0 unspecified atom stereocenters. The third-order valence-corrected chi connectivity index (χ3v) is 2.90. The van der Waals surface area contributed by atoms with Gasteiger partial charge in [0.15, 0.2) is 0 Å². The molecule has 0 bridgehead atoms. The molecule has 2 rings (SSSR count). The summed E-state index contributed by atoms with van der Waals surface area (Å²) >= 11 is 1.71. The van der Waals surface area contributed by atoms with Crippen molar-refractivity contribution >= 4 is 17.4 Å². The number of rotatable bonds is 2. The van der Waals surface area contributed by atoms with Gasteiger partial charge in [0.05, 0.1) is 0 Å². The molecule has 0 N–H and O–H groups in total. The molecule has 0 saturated carbocycles. The fourth-order valence-corrected chi connectivity index (χ4v) is 2.10. The molecule has 0 aliphatic heterocycles. The molecule has 0 spiro atoms. The average Bonchev–Trinajstić information content (AvgIpc) is 2.68. The maximum absolute atomic E-state index is 4.08. The summed E-state index contributed by atoms with van der Waals surface area (Å²) in [7, 11) is 0. The average molecular weight is 199 g/mol.